The highest BCUT2D eigenvalue weighted by atomic mass is 35.5. The van der Waals surface area contributed by atoms with Crippen LogP contribution >= 0.6 is 35.0 Å². The largest absolute Gasteiger partial charge is 0.496 e. The van der Waals surface area contributed by atoms with Crippen molar-refractivity contribution in [2.24, 2.45) is 4.99 Å². The van der Waals surface area contributed by atoms with Gasteiger partial charge in [-0.2, -0.15) is 0 Å². The van der Waals surface area contributed by atoms with Crippen molar-refractivity contribution in [3.63, 3.8) is 0 Å². The quantitative estimate of drug-likeness (QED) is 0.532. The minimum atomic E-state index is -0.422. The van der Waals surface area contributed by atoms with E-state index in [2.05, 4.69) is 5.32 Å². The van der Waals surface area contributed by atoms with Crippen LogP contribution in [0.1, 0.15) is 24.1 Å². The first-order valence-corrected chi connectivity index (χ1v) is 12.4. The second-order valence-electron chi connectivity index (χ2n) is 8.20. The molecular formula is C25H26Cl2N4O2S. The maximum absolute atomic E-state index is 13.4. The summed E-state index contributed by atoms with van der Waals surface area (Å²) in [4.78, 5) is 23.1. The van der Waals surface area contributed by atoms with Crippen LogP contribution in [0.2, 0.25) is 10.0 Å². The van der Waals surface area contributed by atoms with Gasteiger partial charge in [-0.15, -0.1) is 0 Å². The summed E-state index contributed by atoms with van der Waals surface area (Å²) in [7, 11) is 5.58. The lowest BCUT2D eigenvalue weighted by molar-refractivity contribution is -0.118. The van der Waals surface area contributed by atoms with Gasteiger partial charge in [0.15, 0.2) is 5.17 Å². The third-order valence-corrected chi connectivity index (χ3v) is 7.26. The number of fused-ring (bicyclic) bond motifs is 1. The number of carbonyl (C=O) groups is 1. The predicted octanol–water partition coefficient (Wildman–Crippen LogP) is 5.41. The Bertz CT molecular complexity index is 1190. The first-order valence-electron chi connectivity index (χ1n) is 10.8. The van der Waals surface area contributed by atoms with Gasteiger partial charge in [-0.1, -0.05) is 47.5 Å². The molecule has 34 heavy (non-hydrogen) atoms. The highest BCUT2D eigenvalue weighted by Gasteiger charge is 2.40. The average Bonchev–Trinajstić information content (AvgIpc) is 3.20. The molecule has 6 nitrogen and oxygen atoms in total. The van der Waals surface area contributed by atoms with Gasteiger partial charge in [0, 0.05) is 35.3 Å². The Hall–Kier alpha value is -2.45. The lowest BCUT2D eigenvalue weighted by atomic mass is 9.93. The van der Waals surface area contributed by atoms with Crippen molar-refractivity contribution in [3.8, 4) is 5.75 Å². The van der Waals surface area contributed by atoms with Crippen molar-refractivity contribution in [2.75, 3.05) is 34.3 Å². The van der Waals surface area contributed by atoms with Crippen LogP contribution in [0.15, 0.2) is 64.9 Å². The molecule has 9 heteroatoms. The predicted molar refractivity (Wildman–Crippen MR) is 141 cm³/mol. The molecule has 0 spiro atoms. The van der Waals surface area contributed by atoms with E-state index in [1.165, 1.54) is 11.8 Å². The first kappa shape index (κ1) is 24.7. The topological polar surface area (TPSA) is 57.2 Å². The number of carbonyl (C=O) groups excluding carboxylic acids is 1. The summed E-state index contributed by atoms with van der Waals surface area (Å²) in [5, 5.41) is 4.93. The van der Waals surface area contributed by atoms with Gasteiger partial charge in [-0.3, -0.25) is 4.79 Å². The molecule has 1 amide bonds. The van der Waals surface area contributed by atoms with E-state index in [1.54, 1.807) is 7.11 Å². The number of benzene rings is 2. The fourth-order valence-electron chi connectivity index (χ4n) is 3.99. The van der Waals surface area contributed by atoms with Gasteiger partial charge >= 0.3 is 0 Å². The van der Waals surface area contributed by atoms with Crippen molar-refractivity contribution in [1.29, 1.82) is 0 Å². The second-order valence-corrected chi connectivity index (χ2v) is 10.0. The number of nitrogens with zero attached hydrogens (tertiary/aromatic N) is 3. The average molecular weight is 517 g/mol. The Labute approximate surface area is 214 Å². The molecular weight excluding hydrogens is 491 g/mol. The Balaban J connectivity index is 1.80. The van der Waals surface area contributed by atoms with E-state index in [4.69, 9.17) is 32.9 Å². The van der Waals surface area contributed by atoms with Crippen molar-refractivity contribution < 1.29 is 9.53 Å². The third kappa shape index (κ3) is 4.84. The maximum Gasteiger partial charge on any atom is 0.251 e. The summed E-state index contributed by atoms with van der Waals surface area (Å²) in [6.07, 6.45) is 1.97. The van der Waals surface area contributed by atoms with E-state index in [-0.39, 0.29) is 5.91 Å². The summed E-state index contributed by atoms with van der Waals surface area (Å²) in [5.41, 5.74) is 2.87. The van der Waals surface area contributed by atoms with Crippen LogP contribution < -0.4 is 10.1 Å². The van der Waals surface area contributed by atoms with E-state index in [0.29, 0.717) is 33.6 Å². The zero-order chi connectivity index (χ0) is 24.4. The van der Waals surface area contributed by atoms with Gasteiger partial charge in [0.05, 0.1) is 34.5 Å². The molecule has 0 fully saturated rings. The number of methoxy groups -OCH3 is 1. The number of amidine groups is 1. The van der Waals surface area contributed by atoms with Crippen LogP contribution in [-0.2, 0) is 4.79 Å². The van der Waals surface area contributed by atoms with Crippen LogP contribution in [0.4, 0.5) is 0 Å². The molecule has 178 valence electrons. The van der Waals surface area contributed by atoms with Crippen LogP contribution in [-0.4, -0.2) is 55.2 Å². The molecule has 2 heterocycles. The summed E-state index contributed by atoms with van der Waals surface area (Å²) in [6.45, 7) is 3.14. The van der Waals surface area contributed by atoms with E-state index >= 15 is 0 Å². The minimum absolute atomic E-state index is 0.152. The number of halogens is 2. The van der Waals surface area contributed by atoms with Gasteiger partial charge < -0.3 is 19.9 Å². The zero-order valence-corrected chi connectivity index (χ0v) is 21.8. The van der Waals surface area contributed by atoms with Crippen LogP contribution in [0.3, 0.4) is 0 Å². The Morgan fingerprint density at radius 2 is 1.88 bits per heavy atom. The lowest BCUT2D eigenvalue weighted by Crippen LogP contribution is -2.39. The van der Waals surface area contributed by atoms with Gasteiger partial charge in [0.25, 0.3) is 5.91 Å². The van der Waals surface area contributed by atoms with Gasteiger partial charge in [-0.25, -0.2) is 4.99 Å². The van der Waals surface area contributed by atoms with Crippen LogP contribution in [0.5, 0.6) is 5.75 Å². The second kappa shape index (κ2) is 10.4. The number of rotatable bonds is 7. The maximum atomic E-state index is 13.4. The Morgan fingerprint density at radius 1 is 1.18 bits per heavy atom. The van der Waals surface area contributed by atoms with Gasteiger partial charge in [0.2, 0.25) is 0 Å². The molecule has 0 radical (unpaired) electrons. The zero-order valence-electron chi connectivity index (χ0n) is 19.4. The summed E-state index contributed by atoms with van der Waals surface area (Å²) in [5.74, 6) is 0.545. The highest BCUT2D eigenvalue weighted by molar-refractivity contribution is 8.22. The van der Waals surface area contributed by atoms with Gasteiger partial charge in [-0.05, 0) is 51.0 Å². The van der Waals surface area contributed by atoms with Crippen molar-refractivity contribution in [2.45, 2.75) is 13.0 Å². The molecule has 1 N–H and O–H groups in total. The molecule has 1 atom stereocenters. The SMILES string of the molecule is COc1ccccc1C1C(C(=O)NCCN(C)C)=C(C)N=C2SC(c3c(Cl)cccc3Cl)=CN21. The summed E-state index contributed by atoms with van der Waals surface area (Å²) < 4.78 is 5.68. The minimum Gasteiger partial charge on any atom is -0.496 e. The summed E-state index contributed by atoms with van der Waals surface area (Å²) in [6, 6.07) is 12.8. The Morgan fingerprint density at radius 3 is 2.56 bits per heavy atom. The normalized spacial score (nSPS) is 17.5. The fourth-order valence-corrected chi connectivity index (χ4v) is 5.83. The number of aliphatic imine (C=N–C) groups is 1. The van der Waals surface area contributed by atoms with Gasteiger partial charge in [0.1, 0.15) is 5.75 Å². The van der Waals surface area contributed by atoms with E-state index in [9.17, 15) is 4.79 Å². The monoisotopic (exact) mass is 516 g/mol. The molecule has 1 unspecified atom stereocenters. The Kier molecular flexibility index (Phi) is 7.57. The number of thioether (sulfide) groups is 1. The number of ether oxygens (including phenoxy) is 1. The molecule has 2 aliphatic rings. The number of amides is 1. The van der Waals surface area contributed by atoms with E-state index in [1.807, 2.05) is 79.5 Å². The number of likely N-dealkylation sites (N-methyl/N-ethyl adjacent to an activating group) is 1. The van der Waals surface area contributed by atoms with Crippen molar-refractivity contribution in [3.05, 3.63) is 81.1 Å². The molecule has 0 saturated carbocycles. The molecule has 0 aliphatic carbocycles. The third-order valence-electron chi connectivity index (χ3n) is 5.62. The van der Waals surface area contributed by atoms with Crippen molar-refractivity contribution >= 4 is 50.9 Å². The van der Waals surface area contributed by atoms with Crippen molar-refractivity contribution in [1.82, 2.24) is 15.1 Å². The number of hydrogen-bond acceptors (Lipinski definition) is 6. The van der Waals surface area contributed by atoms with Crippen LogP contribution in [0.25, 0.3) is 4.91 Å². The number of para-hydroxylation sites is 1. The number of hydrogen-bond donors (Lipinski definition) is 1. The molecule has 4 rings (SSSR count). The molecule has 2 aliphatic heterocycles. The number of nitrogens with one attached hydrogen (secondary N) is 1. The molecule has 0 bridgehead atoms. The van der Waals surface area contributed by atoms with Crippen LogP contribution in [0, 0.1) is 0 Å². The molecule has 0 aromatic heterocycles. The summed E-state index contributed by atoms with van der Waals surface area (Å²) >= 11 is 14.5. The molecule has 2 aromatic carbocycles. The smallest absolute Gasteiger partial charge is 0.251 e. The van der Waals surface area contributed by atoms with E-state index in [0.717, 1.165) is 27.7 Å². The fraction of sp³-hybridized carbons (Fsp3) is 0.280. The first-order chi connectivity index (χ1) is 16.3. The van der Waals surface area contributed by atoms with E-state index < -0.39 is 6.04 Å². The standard InChI is InChI=1S/C25H26Cl2N4O2S/c1-15-21(24(32)28-12-13-30(2)3)23(16-8-5-6-11-19(16)33-4)31-14-20(34-25(31)29-15)22-17(26)9-7-10-18(22)27/h5-11,14,23H,12-13H2,1-4H3,(H,28,32). The molecule has 0 saturated heterocycles. The number of allylic oxidation sites excluding steroid dienone is 1. The lowest BCUT2D eigenvalue weighted by Gasteiger charge is -2.34. The molecule has 2 aromatic rings. The highest BCUT2D eigenvalue weighted by Crippen LogP contribution is 2.49.